The zero-order chi connectivity index (χ0) is 18.0. The molecule has 2 aliphatic rings. The molecule has 2 aromatic rings. The second-order valence-corrected chi connectivity index (χ2v) is 8.09. The van der Waals surface area contributed by atoms with Crippen molar-refractivity contribution in [3.8, 4) is 5.75 Å². The third-order valence-electron chi connectivity index (χ3n) is 6.29. The molecule has 0 spiro atoms. The minimum absolute atomic E-state index is 0.0423. The Bertz CT molecular complexity index is 734. The van der Waals surface area contributed by atoms with Gasteiger partial charge in [0.15, 0.2) is 0 Å². The fourth-order valence-corrected chi connectivity index (χ4v) is 4.90. The Balaban J connectivity index is 1.49. The first-order valence-corrected chi connectivity index (χ1v) is 9.76. The predicted molar refractivity (Wildman–Crippen MR) is 105 cm³/mol. The van der Waals surface area contributed by atoms with Gasteiger partial charge in [0, 0.05) is 18.0 Å². The minimum atomic E-state index is -0.0423. The van der Waals surface area contributed by atoms with Crippen LogP contribution >= 0.6 is 0 Å². The van der Waals surface area contributed by atoms with Gasteiger partial charge in [0.1, 0.15) is 5.75 Å². The minimum Gasteiger partial charge on any atom is -0.497 e. The summed E-state index contributed by atoms with van der Waals surface area (Å²) in [5.74, 6) is 0.898. The van der Waals surface area contributed by atoms with Gasteiger partial charge in [0.25, 0.3) is 0 Å². The lowest BCUT2D eigenvalue weighted by atomic mass is 9.75. The number of rotatable bonds is 5. The number of aliphatic hydroxyl groups is 1. The van der Waals surface area contributed by atoms with E-state index in [0.717, 1.165) is 50.9 Å². The van der Waals surface area contributed by atoms with Crippen molar-refractivity contribution in [1.82, 2.24) is 4.90 Å². The molecule has 2 aromatic carbocycles. The second kappa shape index (κ2) is 7.42. The summed E-state index contributed by atoms with van der Waals surface area (Å²) in [7, 11) is 1.71. The zero-order valence-electron chi connectivity index (χ0n) is 15.7. The highest BCUT2D eigenvalue weighted by Gasteiger charge is 2.38. The molecule has 1 N–H and O–H groups in total. The zero-order valence-corrected chi connectivity index (χ0v) is 15.7. The summed E-state index contributed by atoms with van der Waals surface area (Å²) in [6.45, 7) is 2.39. The van der Waals surface area contributed by atoms with E-state index in [-0.39, 0.29) is 12.0 Å². The van der Waals surface area contributed by atoms with Crippen molar-refractivity contribution in [2.24, 2.45) is 5.41 Å². The monoisotopic (exact) mass is 351 g/mol. The largest absolute Gasteiger partial charge is 0.497 e. The van der Waals surface area contributed by atoms with Crippen LogP contribution in [0.15, 0.2) is 48.5 Å². The highest BCUT2D eigenvalue weighted by atomic mass is 16.5. The third kappa shape index (κ3) is 3.51. The van der Waals surface area contributed by atoms with Crippen LogP contribution in [0.2, 0.25) is 0 Å². The Morgan fingerprint density at radius 1 is 1.12 bits per heavy atom. The number of ether oxygens (including phenoxy) is 1. The summed E-state index contributed by atoms with van der Waals surface area (Å²) in [4.78, 5) is 2.64. The van der Waals surface area contributed by atoms with Crippen LogP contribution in [-0.4, -0.2) is 42.9 Å². The van der Waals surface area contributed by atoms with E-state index >= 15 is 0 Å². The molecule has 0 bridgehead atoms. The molecular formula is C23H29NO2. The van der Waals surface area contributed by atoms with Crippen LogP contribution in [-0.2, 0) is 19.3 Å². The maximum Gasteiger partial charge on any atom is 0.119 e. The van der Waals surface area contributed by atoms with E-state index in [2.05, 4.69) is 41.3 Å². The van der Waals surface area contributed by atoms with Gasteiger partial charge in [-0.15, -0.1) is 0 Å². The van der Waals surface area contributed by atoms with Gasteiger partial charge in [-0.05, 0) is 67.5 Å². The average molecular weight is 351 g/mol. The second-order valence-electron chi connectivity index (χ2n) is 8.09. The normalized spacial score (nSPS) is 23.8. The van der Waals surface area contributed by atoms with E-state index in [1.807, 2.05) is 12.1 Å². The van der Waals surface area contributed by atoms with Gasteiger partial charge in [0.05, 0.1) is 13.7 Å². The van der Waals surface area contributed by atoms with E-state index in [9.17, 15) is 5.11 Å². The molecule has 3 heteroatoms. The molecule has 0 saturated carbocycles. The number of fused-ring (bicyclic) bond motifs is 1. The number of likely N-dealkylation sites (tertiary alicyclic amines) is 1. The van der Waals surface area contributed by atoms with Crippen LogP contribution in [0, 0.1) is 5.41 Å². The van der Waals surface area contributed by atoms with Crippen molar-refractivity contribution in [2.45, 2.75) is 38.1 Å². The van der Waals surface area contributed by atoms with Gasteiger partial charge in [-0.25, -0.2) is 0 Å². The fourth-order valence-electron chi connectivity index (χ4n) is 4.90. The first-order chi connectivity index (χ1) is 12.7. The molecule has 138 valence electrons. The molecule has 1 fully saturated rings. The summed E-state index contributed by atoms with van der Waals surface area (Å²) in [6, 6.07) is 17.7. The molecule has 1 heterocycles. The lowest BCUT2D eigenvalue weighted by molar-refractivity contribution is 0.0141. The van der Waals surface area contributed by atoms with Crippen molar-refractivity contribution in [2.75, 3.05) is 26.8 Å². The van der Waals surface area contributed by atoms with Crippen molar-refractivity contribution in [1.29, 1.82) is 0 Å². The predicted octanol–water partition coefficient (Wildman–Crippen LogP) is 3.48. The van der Waals surface area contributed by atoms with Gasteiger partial charge in [-0.2, -0.15) is 0 Å². The van der Waals surface area contributed by atoms with Crippen molar-refractivity contribution < 1.29 is 9.84 Å². The molecule has 1 saturated heterocycles. The van der Waals surface area contributed by atoms with Gasteiger partial charge >= 0.3 is 0 Å². The van der Waals surface area contributed by atoms with Crippen LogP contribution in [0.1, 0.15) is 29.5 Å². The standard InChI is InChI=1S/C23H29NO2/c1-26-22-9-4-6-18(12-22)15-23(17-25)10-5-11-24(16-23)21-13-19-7-2-3-8-20(19)14-21/h2-4,6-9,12,21,25H,5,10-11,13-17H2,1H3/t23-/m1/s1. The molecule has 1 atom stereocenters. The van der Waals surface area contributed by atoms with Crippen molar-refractivity contribution in [3.63, 3.8) is 0 Å². The number of aliphatic hydroxyl groups excluding tert-OH is 1. The Kier molecular flexibility index (Phi) is 5.01. The van der Waals surface area contributed by atoms with Crippen LogP contribution in [0.3, 0.4) is 0 Å². The summed E-state index contributed by atoms with van der Waals surface area (Å²) in [5.41, 5.74) is 4.23. The van der Waals surface area contributed by atoms with Gasteiger partial charge in [0.2, 0.25) is 0 Å². The molecule has 1 aliphatic heterocycles. The van der Waals surface area contributed by atoms with Gasteiger partial charge in [-0.1, -0.05) is 36.4 Å². The Hall–Kier alpha value is -1.84. The van der Waals surface area contributed by atoms with E-state index < -0.39 is 0 Å². The SMILES string of the molecule is COc1cccc(C[C@]2(CO)CCCN(C3Cc4ccccc4C3)C2)c1. The van der Waals surface area contributed by atoms with E-state index in [1.54, 1.807) is 7.11 Å². The molecule has 1 aliphatic carbocycles. The molecule has 0 unspecified atom stereocenters. The van der Waals surface area contributed by atoms with Crippen LogP contribution in [0.4, 0.5) is 0 Å². The Morgan fingerprint density at radius 2 is 1.88 bits per heavy atom. The van der Waals surface area contributed by atoms with Crippen molar-refractivity contribution >= 4 is 0 Å². The smallest absolute Gasteiger partial charge is 0.119 e. The molecule has 0 aromatic heterocycles. The number of methoxy groups -OCH3 is 1. The summed E-state index contributed by atoms with van der Waals surface area (Å²) < 4.78 is 5.38. The van der Waals surface area contributed by atoms with Crippen molar-refractivity contribution in [3.05, 3.63) is 65.2 Å². The maximum atomic E-state index is 10.3. The number of piperidine rings is 1. The first kappa shape index (κ1) is 17.6. The summed E-state index contributed by atoms with van der Waals surface area (Å²) >= 11 is 0. The summed E-state index contributed by atoms with van der Waals surface area (Å²) in [6.07, 6.45) is 5.47. The third-order valence-corrected chi connectivity index (χ3v) is 6.29. The first-order valence-electron chi connectivity index (χ1n) is 9.76. The number of hydrogen-bond donors (Lipinski definition) is 1. The molecule has 0 radical (unpaired) electrons. The lowest BCUT2D eigenvalue weighted by Crippen LogP contribution is -2.50. The quantitative estimate of drug-likeness (QED) is 0.895. The van der Waals surface area contributed by atoms with Crippen LogP contribution in [0.25, 0.3) is 0 Å². The lowest BCUT2D eigenvalue weighted by Gasteiger charge is -2.44. The number of benzene rings is 2. The summed E-state index contributed by atoms with van der Waals surface area (Å²) in [5, 5.41) is 10.3. The molecule has 3 nitrogen and oxygen atoms in total. The maximum absolute atomic E-state index is 10.3. The highest BCUT2D eigenvalue weighted by molar-refractivity contribution is 5.33. The molecule has 0 amide bonds. The molecular weight excluding hydrogens is 322 g/mol. The Morgan fingerprint density at radius 3 is 2.58 bits per heavy atom. The van der Waals surface area contributed by atoms with Gasteiger partial charge in [-0.3, -0.25) is 4.90 Å². The number of hydrogen-bond acceptors (Lipinski definition) is 3. The topological polar surface area (TPSA) is 32.7 Å². The Labute approximate surface area is 156 Å². The van der Waals surface area contributed by atoms with Crippen LogP contribution < -0.4 is 4.74 Å². The number of nitrogens with zero attached hydrogens (tertiary/aromatic N) is 1. The van der Waals surface area contributed by atoms with E-state index in [4.69, 9.17) is 4.74 Å². The van der Waals surface area contributed by atoms with E-state index in [0.29, 0.717) is 6.04 Å². The highest BCUT2D eigenvalue weighted by Crippen LogP contribution is 2.37. The average Bonchev–Trinajstić information content (AvgIpc) is 3.13. The fraction of sp³-hybridized carbons (Fsp3) is 0.478. The van der Waals surface area contributed by atoms with E-state index in [1.165, 1.54) is 16.7 Å². The van der Waals surface area contributed by atoms with Crippen LogP contribution in [0.5, 0.6) is 5.75 Å². The van der Waals surface area contributed by atoms with Gasteiger partial charge < -0.3 is 9.84 Å². The molecule has 26 heavy (non-hydrogen) atoms. The molecule has 4 rings (SSSR count).